The maximum Gasteiger partial charge on any atom is 0.00613 e. The maximum atomic E-state index is 7.15. The molecule has 0 saturated carbocycles. The molecule has 0 aromatic rings. The van der Waals surface area contributed by atoms with Crippen LogP contribution in [0.1, 0.15) is 33.6 Å². The molecule has 1 nitrogen and oxygen atoms in total. The second-order valence-electron chi connectivity index (χ2n) is 2.99. The molecule has 0 aliphatic rings. The van der Waals surface area contributed by atoms with E-state index in [4.69, 9.17) is 5.41 Å². The highest BCUT2D eigenvalue weighted by Gasteiger charge is 1.85. The van der Waals surface area contributed by atoms with E-state index in [0.29, 0.717) is 5.92 Å². The Hall–Kier alpha value is -0.590. The smallest absolute Gasteiger partial charge is 0.00613 e. The highest BCUT2D eigenvalue weighted by molar-refractivity contribution is 5.78. The quantitative estimate of drug-likeness (QED) is 0.457. The van der Waals surface area contributed by atoms with Crippen LogP contribution in [0.5, 0.6) is 0 Å². The second-order valence-corrected chi connectivity index (χ2v) is 2.99. The Labute approximate surface area is 63.7 Å². The molecule has 0 bridgehead atoms. The van der Waals surface area contributed by atoms with Crippen LogP contribution in [0.2, 0.25) is 0 Å². The normalized spacial score (nSPS) is 11.2. The lowest BCUT2D eigenvalue weighted by Gasteiger charge is -1.93. The van der Waals surface area contributed by atoms with Crippen molar-refractivity contribution in [3.05, 3.63) is 12.2 Å². The Morgan fingerprint density at radius 1 is 1.50 bits per heavy atom. The van der Waals surface area contributed by atoms with Gasteiger partial charge in [0, 0.05) is 5.71 Å². The first-order chi connectivity index (χ1) is 4.63. The summed E-state index contributed by atoms with van der Waals surface area (Å²) in [5.41, 5.74) is 0.772. The van der Waals surface area contributed by atoms with Crippen molar-refractivity contribution in [1.29, 1.82) is 5.41 Å². The Kier molecular flexibility index (Phi) is 4.91. The van der Waals surface area contributed by atoms with Crippen LogP contribution in [0.3, 0.4) is 0 Å². The Balaban J connectivity index is 3.27. The first kappa shape index (κ1) is 9.41. The van der Waals surface area contributed by atoms with Gasteiger partial charge in [-0.2, -0.15) is 0 Å². The maximum absolute atomic E-state index is 7.15. The molecule has 0 atom stereocenters. The number of rotatable bonds is 4. The summed E-state index contributed by atoms with van der Waals surface area (Å²) in [5, 5.41) is 7.15. The fraction of sp³-hybridized carbons (Fsp3) is 0.667. The zero-order valence-corrected chi connectivity index (χ0v) is 7.15. The van der Waals surface area contributed by atoms with Crippen molar-refractivity contribution in [2.24, 2.45) is 5.92 Å². The van der Waals surface area contributed by atoms with E-state index in [0.717, 1.165) is 18.6 Å². The molecule has 0 saturated heterocycles. The van der Waals surface area contributed by atoms with Crippen molar-refractivity contribution in [1.82, 2.24) is 0 Å². The third-order valence-electron chi connectivity index (χ3n) is 1.21. The molecule has 0 fully saturated rings. The highest BCUT2D eigenvalue weighted by Crippen LogP contribution is 1.97. The van der Waals surface area contributed by atoms with E-state index in [2.05, 4.69) is 26.0 Å². The largest absolute Gasteiger partial charge is 0.310 e. The van der Waals surface area contributed by atoms with E-state index in [1.807, 2.05) is 6.92 Å². The van der Waals surface area contributed by atoms with Crippen molar-refractivity contribution in [3.8, 4) is 0 Å². The van der Waals surface area contributed by atoms with Crippen molar-refractivity contribution >= 4 is 5.71 Å². The van der Waals surface area contributed by atoms with Gasteiger partial charge in [-0.25, -0.2) is 0 Å². The van der Waals surface area contributed by atoms with E-state index >= 15 is 0 Å². The first-order valence-corrected chi connectivity index (χ1v) is 3.83. The molecule has 10 heavy (non-hydrogen) atoms. The molecule has 0 radical (unpaired) electrons. The van der Waals surface area contributed by atoms with Gasteiger partial charge in [0.1, 0.15) is 0 Å². The molecule has 0 aliphatic carbocycles. The average Bonchev–Trinajstić information content (AvgIpc) is 1.79. The molecule has 0 amide bonds. The topological polar surface area (TPSA) is 23.9 Å². The van der Waals surface area contributed by atoms with Crippen LogP contribution in [-0.4, -0.2) is 5.71 Å². The monoisotopic (exact) mass is 139 g/mol. The van der Waals surface area contributed by atoms with Gasteiger partial charge >= 0.3 is 0 Å². The van der Waals surface area contributed by atoms with Crippen molar-refractivity contribution in [2.45, 2.75) is 33.6 Å². The van der Waals surface area contributed by atoms with Gasteiger partial charge in [0.25, 0.3) is 0 Å². The Bertz CT molecular complexity index is 123. The van der Waals surface area contributed by atoms with Crippen LogP contribution in [0, 0.1) is 11.3 Å². The fourth-order valence-electron chi connectivity index (χ4n) is 0.668. The molecule has 0 heterocycles. The summed E-state index contributed by atoms with van der Waals surface area (Å²) in [4.78, 5) is 0. The lowest BCUT2D eigenvalue weighted by Crippen LogP contribution is -1.85. The summed E-state index contributed by atoms with van der Waals surface area (Å²) in [6, 6.07) is 0. The third-order valence-corrected chi connectivity index (χ3v) is 1.21. The van der Waals surface area contributed by atoms with Gasteiger partial charge < -0.3 is 5.41 Å². The number of hydrogen-bond donors (Lipinski definition) is 1. The van der Waals surface area contributed by atoms with Crippen LogP contribution < -0.4 is 0 Å². The minimum absolute atomic E-state index is 0.644. The van der Waals surface area contributed by atoms with Crippen molar-refractivity contribution in [3.63, 3.8) is 0 Å². The van der Waals surface area contributed by atoms with Crippen LogP contribution in [-0.2, 0) is 0 Å². The standard InChI is InChI=1S/C9H17N/c1-8(2)6-4-5-7-9(3)10/h4,6,8,10H,5,7H2,1-3H3/b6-4-,10-9?. The van der Waals surface area contributed by atoms with Gasteiger partial charge in [0.15, 0.2) is 0 Å². The molecule has 0 rings (SSSR count). The Morgan fingerprint density at radius 3 is 2.50 bits per heavy atom. The van der Waals surface area contributed by atoms with Gasteiger partial charge in [-0.05, 0) is 25.7 Å². The summed E-state index contributed by atoms with van der Waals surface area (Å²) in [6.45, 7) is 6.17. The van der Waals surface area contributed by atoms with Gasteiger partial charge in [0.2, 0.25) is 0 Å². The molecular weight excluding hydrogens is 122 g/mol. The zero-order valence-electron chi connectivity index (χ0n) is 7.15. The highest BCUT2D eigenvalue weighted by atomic mass is 14.4. The predicted octanol–water partition coefficient (Wildman–Crippen LogP) is 3.02. The Morgan fingerprint density at radius 2 is 2.10 bits per heavy atom. The number of allylic oxidation sites excluding steroid dienone is 2. The summed E-state index contributed by atoms with van der Waals surface area (Å²) < 4.78 is 0. The van der Waals surface area contributed by atoms with Crippen LogP contribution in [0.25, 0.3) is 0 Å². The van der Waals surface area contributed by atoms with E-state index in [1.165, 1.54) is 0 Å². The second kappa shape index (κ2) is 5.21. The molecular formula is C9H17N. The molecule has 0 aromatic heterocycles. The SMILES string of the molecule is CC(=N)CC/C=C\C(C)C. The minimum Gasteiger partial charge on any atom is -0.310 e. The average molecular weight is 139 g/mol. The summed E-state index contributed by atoms with van der Waals surface area (Å²) in [5.74, 6) is 0.644. The fourth-order valence-corrected chi connectivity index (χ4v) is 0.668. The van der Waals surface area contributed by atoms with Gasteiger partial charge in [-0.3, -0.25) is 0 Å². The molecule has 1 N–H and O–H groups in total. The zero-order chi connectivity index (χ0) is 7.98. The van der Waals surface area contributed by atoms with E-state index in [1.54, 1.807) is 0 Å². The molecule has 0 spiro atoms. The lowest BCUT2D eigenvalue weighted by molar-refractivity contribution is 0.824. The van der Waals surface area contributed by atoms with Crippen LogP contribution in [0.4, 0.5) is 0 Å². The molecule has 1 heteroatoms. The first-order valence-electron chi connectivity index (χ1n) is 3.83. The van der Waals surface area contributed by atoms with Crippen LogP contribution in [0.15, 0.2) is 12.2 Å². The summed E-state index contributed by atoms with van der Waals surface area (Å²) in [6.07, 6.45) is 6.27. The number of nitrogens with one attached hydrogen (secondary N) is 1. The van der Waals surface area contributed by atoms with Gasteiger partial charge in [0.05, 0.1) is 0 Å². The lowest BCUT2D eigenvalue weighted by atomic mass is 10.1. The molecule has 0 unspecified atom stereocenters. The van der Waals surface area contributed by atoms with Crippen molar-refractivity contribution in [2.75, 3.05) is 0 Å². The summed E-state index contributed by atoms with van der Waals surface area (Å²) in [7, 11) is 0. The predicted molar refractivity (Wildman–Crippen MR) is 46.6 cm³/mol. The number of hydrogen-bond acceptors (Lipinski definition) is 1. The minimum atomic E-state index is 0.644. The van der Waals surface area contributed by atoms with E-state index < -0.39 is 0 Å². The van der Waals surface area contributed by atoms with Gasteiger partial charge in [-0.1, -0.05) is 26.0 Å². The molecule has 0 aliphatic heterocycles. The van der Waals surface area contributed by atoms with E-state index in [9.17, 15) is 0 Å². The molecule has 0 aromatic carbocycles. The van der Waals surface area contributed by atoms with Gasteiger partial charge in [-0.15, -0.1) is 0 Å². The molecule has 58 valence electrons. The van der Waals surface area contributed by atoms with Crippen LogP contribution >= 0.6 is 0 Å². The van der Waals surface area contributed by atoms with Crippen molar-refractivity contribution < 1.29 is 0 Å². The third kappa shape index (κ3) is 7.41. The summed E-state index contributed by atoms with van der Waals surface area (Å²) >= 11 is 0. The van der Waals surface area contributed by atoms with E-state index in [-0.39, 0.29) is 0 Å².